The fraction of sp³-hybridized carbons (Fsp3) is 0.263. The molecule has 2 aromatic rings. The molecule has 2 aromatic carbocycles. The van der Waals surface area contributed by atoms with E-state index in [9.17, 15) is 14.0 Å². The molecule has 0 aromatic heterocycles. The maximum absolute atomic E-state index is 13.5. The minimum Gasteiger partial charge on any atom is -0.355 e. The van der Waals surface area contributed by atoms with Gasteiger partial charge in [-0.25, -0.2) is 4.39 Å². The molecule has 7 heteroatoms. The van der Waals surface area contributed by atoms with E-state index in [1.165, 1.54) is 18.2 Å². The minimum atomic E-state index is -0.431. The quantitative estimate of drug-likeness (QED) is 0.863. The van der Waals surface area contributed by atoms with Gasteiger partial charge in [0.15, 0.2) is 0 Å². The number of benzene rings is 2. The molecule has 3 rings (SSSR count). The Morgan fingerprint density at radius 3 is 2.62 bits per heavy atom. The van der Waals surface area contributed by atoms with Gasteiger partial charge in [0, 0.05) is 37.8 Å². The Morgan fingerprint density at radius 1 is 1.15 bits per heavy atom. The summed E-state index contributed by atoms with van der Waals surface area (Å²) in [6.07, 6.45) is 0. The van der Waals surface area contributed by atoms with Gasteiger partial charge in [0.1, 0.15) is 5.82 Å². The van der Waals surface area contributed by atoms with E-state index in [1.54, 1.807) is 36.2 Å². The van der Waals surface area contributed by atoms with Crippen LogP contribution in [0.15, 0.2) is 48.5 Å². The van der Waals surface area contributed by atoms with Crippen LogP contribution >= 0.6 is 12.4 Å². The molecule has 5 nitrogen and oxygen atoms in total. The Labute approximate surface area is 158 Å². The summed E-state index contributed by atoms with van der Waals surface area (Å²) >= 11 is 0. The second-order valence-electron chi connectivity index (χ2n) is 5.93. The molecule has 0 aliphatic carbocycles. The Balaban J connectivity index is 0.00000243. The highest BCUT2D eigenvalue weighted by molar-refractivity contribution is 5.95. The highest BCUT2D eigenvalue weighted by Gasteiger charge is 2.29. The Bertz CT molecular complexity index is 800. The lowest BCUT2D eigenvalue weighted by Gasteiger charge is -2.36. The molecule has 0 spiro atoms. The minimum absolute atomic E-state index is 0. The third-order valence-corrected chi connectivity index (χ3v) is 4.34. The molecule has 0 bridgehead atoms. The molecule has 2 amide bonds. The number of amides is 2. The first-order valence-corrected chi connectivity index (χ1v) is 8.19. The number of carbonyl (C=O) groups is 2. The van der Waals surface area contributed by atoms with E-state index in [2.05, 4.69) is 10.6 Å². The maximum Gasteiger partial charge on any atom is 0.254 e. The van der Waals surface area contributed by atoms with Crippen LogP contribution in [0.25, 0.3) is 0 Å². The van der Waals surface area contributed by atoms with Crippen LogP contribution in [0.5, 0.6) is 0 Å². The van der Waals surface area contributed by atoms with Crippen LogP contribution in [-0.2, 0) is 0 Å². The van der Waals surface area contributed by atoms with Crippen LogP contribution in [-0.4, -0.2) is 43.4 Å². The van der Waals surface area contributed by atoms with E-state index in [0.717, 1.165) is 5.56 Å². The molecule has 1 fully saturated rings. The Hall–Kier alpha value is -2.44. The zero-order valence-electron chi connectivity index (χ0n) is 14.4. The summed E-state index contributed by atoms with van der Waals surface area (Å²) in [7, 11) is 1.58. The van der Waals surface area contributed by atoms with Crippen molar-refractivity contribution in [2.24, 2.45) is 0 Å². The van der Waals surface area contributed by atoms with Crippen molar-refractivity contribution >= 4 is 24.2 Å². The fourth-order valence-corrected chi connectivity index (χ4v) is 3.06. The average Bonchev–Trinajstić information content (AvgIpc) is 2.67. The monoisotopic (exact) mass is 377 g/mol. The number of nitrogens with zero attached hydrogens (tertiary/aromatic N) is 1. The molecule has 1 heterocycles. The summed E-state index contributed by atoms with van der Waals surface area (Å²) < 4.78 is 13.5. The van der Waals surface area contributed by atoms with E-state index in [4.69, 9.17) is 0 Å². The van der Waals surface area contributed by atoms with Crippen LogP contribution in [0.2, 0.25) is 0 Å². The summed E-state index contributed by atoms with van der Waals surface area (Å²) in [6, 6.07) is 12.7. The van der Waals surface area contributed by atoms with Gasteiger partial charge in [-0.05, 0) is 35.9 Å². The lowest BCUT2D eigenvalue weighted by Crippen LogP contribution is -2.48. The van der Waals surface area contributed by atoms with Gasteiger partial charge < -0.3 is 15.5 Å². The lowest BCUT2D eigenvalue weighted by atomic mass is 9.99. The van der Waals surface area contributed by atoms with Gasteiger partial charge in [-0.3, -0.25) is 9.59 Å². The maximum atomic E-state index is 13.5. The normalized spacial score (nSPS) is 16.5. The van der Waals surface area contributed by atoms with E-state index in [0.29, 0.717) is 30.8 Å². The molecule has 1 atom stereocenters. The summed E-state index contributed by atoms with van der Waals surface area (Å²) in [5, 5.41) is 5.88. The second kappa shape index (κ2) is 8.78. The molecule has 1 unspecified atom stereocenters. The predicted octanol–water partition coefficient (Wildman–Crippen LogP) is 2.39. The number of halogens is 2. The first kappa shape index (κ1) is 19.9. The fourth-order valence-electron chi connectivity index (χ4n) is 3.06. The zero-order chi connectivity index (χ0) is 17.8. The predicted molar refractivity (Wildman–Crippen MR) is 100 cm³/mol. The molecule has 2 N–H and O–H groups in total. The van der Waals surface area contributed by atoms with E-state index in [-0.39, 0.29) is 30.3 Å². The molecule has 26 heavy (non-hydrogen) atoms. The van der Waals surface area contributed by atoms with E-state index in [1.807, 2.05) is 6.07 Å². The lowest BCUT2D eigenvalue weighted by molar-refractivity contribution is 0.0634. The smallest absolute Gasteiger partial charge is 0.254 e. The van der Waals surface area contributed by atoms with Crippen molar-refractivity contribution in [3.05, 3.63) is 71.0 Å². The van der Waals surface area contributed by atoms with Crippen molar-refractivity contribution in [1.82, 2.24) is 15.5 Å². The SMILES string of the molecule is CNC(=O)c1cccc(C2CNCCN2C(=O)c2cccc(F)c2)c1.Cl. The summed E-state index contributed by atoms with van der Waals surface area (Å²) in [5.74, 6) is -0.816. The van der Waals surface area contributed by atoms with Crippen LogP contribution in [0.1, 0.15) is 32.3 Å². The topological polar surface area (TPSA) is 61.4 Å². The molecular formula is C19H21ClFN3O2. The molecular weight excluding hydrogens is 357 g/mol. The first-order valence-electron chi connectivity index (χ1n) is 8.19. The summed E-state index contributed by atoms with van der Waals surface area (Å²) in [4.78, 5) is 26.5. The van der Waals surface area contributed by atoms with Gasteiger partial charge in [0.2, 0.25) is 0 Å². The number of hydrogen-bond acceptors (Lipinski definition) is 3. The van der Waals surface area contributed by atoms with Crippen LogP contribution in [0.4, 0.5) is 4.39 Å². The van der Waals surface area contributed by atoms with Crippen molar-refractivity contribution in [3.8, 4) is 0 Å². The van der Waals surface area contributed by atoms with E-state index >= 15 is 0 Å². The van der Waals surface area contributed by atoms with Gasteiger partial charge in [-0.1, -0.05) is 18.2 Å². The second-order valence-corrected chi connectivity index (χ2v) is 5.93. The number of nitrogens with one attached hydrogen (secondary N) is 2. The third-order valence-electron chi connectivity index (χ3n) is 4.34. The summed E-state index contributed by atoms with van der Waals surface area (Å²) in [6.45, 7) is 1.77. The van der Waals surface area contributed by atoms with Crippen molar-refractivity contribution in [2.45, 2.75) is 6.04 Å². The molecule has 1 aliphatic heterocycles. The number of piperazine rings is 1. The largest absolute Gasteiger partial charge is 0.355 e. The number of rotatable bonds is 3. The van der Waals surface area contributed by atoms with Crippen molar-refractivity contribution in [3.63, 3.8) is 0 Å². The Kier molecular flexibility index (Phi) is 6.71. The van der Waals surface area contributed by atoms with Crippen LogP contribution < -0.4 is 10.6 Å². The first-order chi connectivity index (χ1) is 12.1. The molecule has 0 saturated carbocycles. The van der Waals surface area contributed by atoms with Gasteiger partial charge in [-0.2, -0.15) is 0 Å². The zero-order valence-corrected chi connectivity index (χ0v) is 15.2. The van der Waals surface area contributed by atoms with Crippen molar-refractivity contribution in [1.29, 1.82) is 0 Å². The molecule has 138 valence electrons. The highest BCUT2D eigenvalue weighted by Crippen LogP contribution is 2.25. The van der Waals surface area contributed by atoms with Gasteiger partial charge in [0.05, 0.1) is 6.04 Å². The van der Waals surface area contributed by atoms with Gasteiger partial charge >= 0.3 is 0 Å². The van der Waals surface area contributed by atoms with Gasteiger partial charge in [0.25, 0.3) is 11.8 Å². The average molecular weight is 378 g/mol. The Morgan fingerprint density at radius 2 is 1.88 bits per heavy atom. The molecule has 1 saturated heterocycles. The van der Waals surface area contributed by atoms with Crippen molar-refractivity contribution in [2.75, 3.05) is 26.7 Å². The van der Waals surface area contributed by atoms with Crippen LogP contribution in [0, 0.1) is 5.82 Å². The molecule has 0 radical (unpaired) electrons. The standard InChI is InChI=1S/C19H20FN3O2.ClH/c1-21-18(24)14-5-2-4-13(10-14)17-12-22-8-9-23(17)19(25)15-6-3-7-16(20)11-15;/h2-7,10-11,17,22H,8-9,12H2,1H3,(H,21,24);1H. The van der Waals surface area contributed by atoms with Crippen molar-refractivity contribution < 1.29 is 14.0 Å². The highest BCUT2D eigenvalue weighted by atomic mass is 35.5. The number of carbonyl (C=O) groups excluding carboxylic acids is 2. The number of hydrogen-bond donors (Lipinski definition) is 2. The van der Waals surface area contributed by atoms with Crippen LogP contribution in [0.3, 0.4) is 0 Å². The third kappa shape index (κ3) is 4.20. The van der Waals surface area contributed by atoms with E-state index < -0.39 is 5.82 Å². The summed E-state index contributed by atoms with van der Waals surface area (Å²) in [5.41, 5.74) is 1.75. The molecule has 1 aliphatic rings. The van der Waals surface area contributed by atoms with Gasteiger partial charge in [-0.15, -0.1) is 12.4 Å².